The van der Waals surface area contributed by atoms with Gasteiger partial charge in [0.05, 0.1) is 29.9 Å². The zero-order chi connectivity index (χ0) is 22.6. The molecule has 1 fully saturated rings. The van der Waals surface area contributed by atoms with Gasteiger partial charge < -0.3 is 13.8 Å². The molecule has 5 nitrogen and oxygen atoms in total. The monoisotopic (exact) mass is 557 g/mol. The Bertz CT molecular complexity index is 543. The summed E-state index contributed by atoms with van der Waals surface area (Å²) >= 11 is 2.17. The summed E-state index contributed by atoms with van der Waals surface area (Å²) in [6.07, 6.45) is 19.2. The van der Waals surface area contributed by atoms with Gasteiger partial charge in [0, 0.05) is 28.8 Å². The Balaban J connectivity index is 0.00000150. The second-order valence-electron chi connectivity index (χ2n) is 8.50. The lowest BCUT2D eigenvalue weighted by molar-refractivity contribution is -0.928. The molecule has 1 aliphatic heterocycles. The fraction of sp³-hybridized carbons (Fsp3) is 0.913. The average molecular weight is 558 g/mol. The smallest absolute Gasteiger partial charge is 0.141 e. The zero-order valence-corrected chi connectivity index (χ0v) is 22.3. The number of quaternary nitrogens is 1. The maximum absolute atomic E-state index is 9.08. The minimum absolute atomic E-state index is 0.604. The van der Waals surface area contributed by atoms with Crippen molar-refractivity contribution in [1.82, 2.24) is 0 Å². The van der Waals surface area contributed by atoms with E-state index in [-0.39, 0.29) is 0 Å². The first-order chi connectivity index (χ1) is 14.3. The Labute approximate surface area is 200 Å². The molecule has 0 radical (unpaired) electrons. The molecule has 0 aromatic rings. The van der Waals surface area contributed by atoms with Crippen molar-refractivity contribution < 1.29 is 22.2 Å². The Kier molecular flexibility index (Phi) is 19.9. The first-order valence-corrected chi connectivity index (χ1v) is 14.6. The Hall–Kier alpha value is 0.120. The van der Waals surface area contributed by atoms with Crippen molar-refractivity contribution in [3.8, 4) is 9.85 Å². The molecular formula is C23H44INO4S. The average Bonchev–Trinajstić information content (AvgIpc) is 2.69. The van der Waals surface area contributed by atoms with Crippen molar-refractivity contribution in [2.75, 3.05) is 45.6 Å². The molecule has 30 heavy (non-hydrogen) atoms. The van der Waals surface area contributed by atoms with E-state index < -0.39 is 10.1 Å². The fourth-order valence-corrected chi connectivity index (χ4v) is 4.02. The Morgan fingerprint density at radius 1 is 0.867 bits per heavy atom. The fourth-order valence-electron chi connectivity index (χ4n) is 3.85. The third-order valence-electron chi connectivity index (χ3n) is 5.64. The third-order valence-corrected chi connectivity index (χ3v) is 6.02. The van der Waals surface area contributed by atoms with Crippen LogP contribution in [0.5, 0.6) is 0 Å². The molecule has 0 spiro atoms. The number of rotatable bonds is 15. The molecule has 0 aromatic heterocycles. The SMILES string of the molecule is CCCCCCCCCCCCCCC[N+]1(CC#CI)CCOCC1.CS(=O)(=O)[O-]. The van der Waals surface area contributed by atoms with Crippen molar-refractivity contribution >= 4 is 32.7 Å². The van der Waals surface area contributed by atoms with Crippen LogP contribution in [0.3, 0.4) is 0 Å². The van der Waals surface area contributed by atoms with Crippen LogP contribution in [0.2, 0.25) is 0 Å². The van der Waals surface area contributed by atoms with E-state index in [2.05, 4.69) is 39.4 Å². The van der Waals surface area contributed by atoms with Crippen LogP contribution in [0.4, 0.5) is 0 Å². The molecule has 0 bridgehead atoms. The Morgan fingerprint density at radius 2 is 1.27 bits per heavy atom. The second kappa shape index (κ2) is 19.8. The highest BCUT2D eigenvalue weighted by Gasteiger charge is 2.28. The summed E-state index contributed by atoms with van der Waals surface area (Å²) in [7, 11) is -3.92. The number of hydrogen-bond acceptors (Lipinski definition) is 4. The van der Waals surface area contributed by atoms with Crippen molar-refractivity contribution in [2.24, 2.45) is 0 Å². The van der Waals surface area contributed by atoms with E-state index >= 15 is 0 Å². The van der Waals surface area contributed by atoms with Gasteiger partial charge in [0.2, 0.25) is 0 Å². The molecule has 1 heterocycles. The molecule has 0 saturated carbocycles. The van der Waals surface area contributed by atoms with Crippen LogP contribution in [-0.2, 0) is 14.9 Å². The van der Waals surface area contributed by atoms with Crippen LogP contribution in [0, 0.1) is 9.85 Å². The predicted octanol–water partition coefficient (Wildman–Crippen LogP) is 5.48. The molecule has 178 valence electrons. The number of unbranched alkanes of at least 4 members (excludes halogenated alkanes) is 12. The topological polar surface area (TPSA) is 66.4 Å². The van der Waals surface area contributed by atoms with E-state index in [1.165, 1.54) is 94.5 Å². The van der Waals surface area contributed by atoms with Gasteiger partial charge >= 0.3 is 0 Å². The van der Waals surface area contributed by atoms with Crippen molar-refractivity contribution in [2.45, 2.75) is 90.4 Å². The first kappa shape index (κ1) is 30.1. The predicted molar refractivity (Wildman–Crippen MR) is 134 cm³/mol. The molecule has 1 saturated heterocycles. The summed E-state index contributed by atoms with van der Waals surface area (Å²) in [6, 6.07) is 0. The summed E-state index contributed by atoms with van der Waals surface area (Å²) in [4.78, 5) is 0. The Morgan fingerprint density at radius 3 is 1.67 bits per heavy atom. The summed E-state index contributed by atoms with van der Waals surface area (Å²) in [5.41, 5.74) is 0. The van der Waals surface area contributed by atoms with Crippen LogP contribution in [0.1, 0.15) is 90.4 Å². The van der Waals surface area contributed by atoms with Crippen molar-refractivity contribution in [1.29, 1.82) is 0 Å². The van der Waals surface area contributed by atoms with Gasteiger partial charge in [-0.15, -0.1) is 0 Å². The summed E-state index contributed by atoms with van der Waals surface area (Å²) in [5, 5.41) is 0. The lowest BCUT2D eigenvalue weighted by Gasteiger charge is -2.40. The number of hydrogen-bond donors (Lipinski definition) is 0. The van der Waals surface area contributed by atoms with E-state index in [9.17, 15) is 0 Å². The maximum Gasteiger partial charge on any atom is 0.141 e. The van der Waals surface area contributed by atoms with Crippen molar-refractivity contribution in [3.05, 3.63) is 0 Å². The highest BCUT2D eigenvalue weighted by Crippen LogP contribution is 2.16. The first-order valence-electron chi connectivity index (χ1n) is 11.8. The molecule has 0 N–H and O–H groups in total. The summed E-state index contributed by atoms with van der Waals surface area (Å²) < 4.78 is 37.0. The van der Waals surface area contributed by atoms with Gasteiger partial charge in [0.25, 0.3) is 0 Å². The lowest BCUT2D eigenvalue weighted by atomic mass is 10.0. The van der Waals surface area contributed by atoms with E-state index in [1.807, 2.05) is 0 Å². The van der Waals surface area contributed by atoms with Gasteiger partial charge in [0.15, 0.2) is 0 Å². The molecule has 0 amide bonds. The maximum atomic E-state index is 9.08. The molecular weight excluding hydrogens is 513 g/mol. The molecule has 7 heteroatoms. The molecule has 1 aliphatic rings. The van der Waals surface area contributed by atoms with Gasteiger partial charge in [0.1, 0.15) is 19.6 Å². The van der Waals surface area contributed by atoms with E-state index in [4.69, 9.17) is 17.7 Å². The van der Waals surface area contributed by atoms with Crippen molar-refractivity contribution in [3.63, 3.8) is 0 Å². The second-order valence-corrected chi connectivity index (χ2v) is 10.4. The van der Waals surface area contributed by atoms with E-state index in [1.54, 1.807) is 0 Å². The largest absolute Gasteiger partial charge is 0.748 e. The van der Waals surface area contributed by atoms with Gasteiger partial charge in [-0.05, 0) is 22.7 Å². The standard InChI is InChI=1S/C22H41INO.CH4O3S/c1-2-3-4-5-6-7-8-9-10-11-12-13-14-17-24(18-15-16-23)19-21-25-22-20-24;1-5(2,3)4/h2-14,17-22H2,1H3;1H3,(H,2,3,4)/q+1;/p-1. The number of halogens is 1. The molecule has 0 aromatic carbocycles. The number of nitrogens with zero attached hydrogens (tertiary/aromatic N) is 1. The van der Waals surface area contributed by atoms with E-state index in [0.717, 1.165) is 32.8 Å². The summed E-state index contributed by atoms with van der Waals surface area (Å²) in [5.74, 6) is 3.31. The van der Waals surface area contributed by atoms with Crippen LogP contribution in [0.25, 0.3) is 0 Å². The van der Waals surface area contributed by atoms with Crippen LogP contribution < -0.4 is 0 Å². The zero-order valence-electron chi connectivity index (χ0n) is 19.3. The van der Waals surface area contributed by atoms with Crippen LogP contribution >= 0.6 is 22.6 Å². The van der Waals surface area contributed by atoms with Gasteiger partial charge in [-0.3, -0.25) is 0 Å². The molecule has 0 atom stereocenters. The minimum atomic E-state index is -3.92. The van der Waals surface area contributed by atoms with Gasteiger partial charge in [-0.2, -0.15) is 0 Å². The highest BCUT2D eigenvalue weighted by molar-refractivity contribution is 14.1. The lowest BCUT2D eigenvalue weighted by Crippen LogP contribution is -2.55. The third kappa shape index (κ3) is 21.4. The molecule has 1 rings (SSSR count). The number of morpholine rings is 1. The summed E-state index contributed by atoms with van der Waals surface area (Å²) in [6.45, 7) is 8.76. The molecule has 0 unspecified atom stereocenters. The van der Waals surface area contributed by atoms with Crippen LogP contribution in [0.15, 0.2) is 0 Å². The van der Waals surface area contributed by atoms with Gasteiger partial charge in [-0.1, -0.05) is 77.6 Å². The quantitative estimate of drug-likeness (QED) is 0.0880. The van der Waals surface area contributed by atoms with E-state index in [0.29, 0.717) is 6.26 Å². The number of ether oxygens (including phenoxy) is 1. The molecule has 0 aliphatic carbocycles. The van der Waals surface area contributed by atoms with Gasteiger partial charge in [-0.25, -0.2) is 8.42 Å². The minimum Gasteiger partial charge on any atom is -0.748 e. The normalized spacial score (nSPS) is 15.6. The van der Waals surface area contributed by atoms with Crippen LogP contribution in [-0.4, -0.2) is 63.1 Å². The highest BCUT2D eigenvalue weighted by atomic mass is 127.